The molecule has 0 fully saturated rings. The minimum atomic E-state index is -0.232. The zero-order chi connectivity index (χ0) is 15.8. The molecule has 0 atom stereocenters. The number of rotatable bonds is 2. The van der Waals surface area contributed by atoms with Crippen molar-refractivity contribution in [3.63, 3.8) is 0 Å². The molecule has 0 radical (unpaired) electrons. The van der Waals surface area contributed by atoms with Gasteiger partial charge >= 0.3 is 0 Å². The van der Waals surface area contributed by atoms with Gasteiger partial charge in [-0.2, -0.15) is 5.10 Å². The molecule has 4 rings (SSSR count). The SMILES string of the molecule is Cc1[nH]nc2ncc(NC(=O)c3ccc4c(c3)OCCO4)cc12. The average molecular weight is 310 g/mol. The first-order valence-electron chi connectivity index (χ1n) is 7.22. The summed E-state index contributed by atoms with van der Waals surface area (Å²) in [5.74, 6) is 1.01. The minimum Gasteiger partial charge on any atom is -0.486 e. The van der Waals surface area contributed by atoms with Crippen molar-refractivity contribution in [3.05, 3.63) is 41.7 Å². The van der Waals surface area contributed by atoms with Gasteiger partial charge in [-0.25, -0.2) is 4.98 Å². The number of ether oxygens (including phenoxy) is 2. The first-order chi connectivity index (χ1) is 11.2. The van der Waals surface area contributed by atoms with Gasteiger partial charge in [0, 0.05) is 16.6 Å². The molecule has 23 heavy (non-hydrogen) atoms. The standard InChI is InChI=1S/C16H14N4O3/c1-9-12-7-11(8-17-15(12)20-19-9)18-16(21)10-2-3-13-14(6-10)23-5-4-22-13/h2-3,6-8H,4-5H2,1H3,(H,18,21)(H,17,19,20). The number of anilines is 1. The van der Waals surface area contributed by atoms with Crippen LogP contribution in [-0.4, -0.2) is 34.3 Å². The third-order valence-corrected chi connectivity index (χ3v) is 3.66. The molecule has 0 aliphatic carbocycles. The molecule has 1 aliphatic rings. The summed E-state index contributed by atoms with van der Waals surface area (Å²) in [5.41, 5.74) is 2.64. The van der Waals surface area contributed by atoms with Crippen LogP contribution in [0.1, 0.15) is 16.1 Å². The second-order valence-electron chi connectivity index (χ2n) is 5.26. The highest BCUT2D eigenvalue weighted by molar-refractivity contribution is 6.05. The summed E-state index contributed by atoms with van der Waals surface area (Å²) in [6.45, 7) is 2.91. The predicted octanol–water partition coefficient (Wildman–Crippen LogP) is 2.29. The van der Waals surface area contributed by atoms with Crippen LogP contribution in [0.4, 0.5) is 5.69 Å². The average Bonchev–Trinajstić information content (AvgIpc) is 2.95. The van der Waals surface area contributed by atoms with E-state index in [4.69, 9.17) is 9.47 Å². The van der Waals surface area contributed by atoms with E-state index in [1.807, 2.05) is 13.0 Å². The van der Waals surface area contributed by atoms with Crippen LogP contribution in [0.25, 0.3) is 11.0 Å². The van der Waals surface area contributed by atoms with Crippen LogP contribution >= 0.6 is 0 Å². The number of pyridine rings is 1. The first kappa shape index (κ1) is 13.6. The summed E-state index contributed by atoms with van der Waals surface area (Å²) in [5, 5.41) is 10.6. The van der Waals surface area contributed by atoms with Crippen LogP contribution in [0, 0.1) is 6.92 Å². The van der Waals surface area contributed by atoms with Gasteiger partial charge in [-0.15, -0.1) is 0 Å². The molecule has 1 amide bonds. The molecular formula is C16H14N4O3. The van der Waals surface area contributed by atoms with Crippen LogP contribution in [0.15, 0.2) is 30.5 Å². The number of hydrogen-bond acceptors (Lipinski definition) is 5. The van der Waals surface area contributed by atoms with E-state index in [-0.39, 0.29) is 5.91 Å². The molecule has 7 nitrogen and oxygen atoms in total. The molecule has 0 spiro atoms. The van der Waals surface area contributed by atoms with Gasteiger partial charge < -0.3 is 14.8 Å². The lowest BCUT2D eigenvalue weighted by Crippen LogP contribution is -2.17. The number of carbonyl (C=O) groups is 1. The molecule has 3 heterocycles. The molecule has 2 N–H and O–H groups in total. The van der Waals surface area contributed by atoms with Crippen molar-refractivity contribution in [1.29, 1.82) is 0 Å². The third-order valence-electron chi connectivity index (χ3n) is 3.66. The summed E-state index contributed by atoms with van der Waals surface area (Å²) in [4.78, 5) is 16.6. The molecule has 0 saturated carbocycles. The molecule has 7 heteroatoms. The fourth-order valence-electron chi connectivity index (χ4n) is 2.48. The summed E-state index contributed by atoms with van der Waals surface area (Å²) in [6.07, 6.45) is 1.58. The van der Waals surface area contributed by atoms with Gasteiger partial charge in [0.05, 0.1) is 11.9 Å². The van der Waals surface area contributed by atoms with Crippen molar-refractivity contribution in [2.45, 2.75) is 6.92 Å². The number of H-pyrrole nitrogens is 1. The monoisotopic (exact) mass is 310 g/mol. The van der Waals surface area contributed by atoms with Crippen molar-refractivity contribution in [3.8, 4) is 11.5 Å². The molecular weight excluding hydrogens is 296 g/mol. The maximum absolute atomic E-state index is 12.4. The van der Waals surface area contributed by atoms with E-state index >= 15 is 0 Å². The zero-order valence-corrected chi connectivity index (χ0v) is 12.4. The van der Waals surface area contributed by atoms with Crippen LogP contribution in [0.3, 0.4) is 0 Å². The van der Waals surface area contributed by atoms with Crippen LogP contribution in [0.2, 0.25) is 0 Å². The van der Waals surface area contributed by atoms with E-state index in [1.165, 1.54) is 0 Å². The van der Waals surface area contributed by atoms with E-state index < -0.39 is 0 Å². The molecule has 0 bridgehead atoms. The van der Waals surface area contributed by atoms with Gasteiger partial charge in [0.1, 0.15) is 13.2 Å². The summed E-state index contributed by atoms with van der Waals surface area (Å²) in [7, 11) is 0. The molecule has 116 valence electrons. The summed E-state index contributed by atoms with van der Waals surface area (Å²) < 4.78 is 10.9. The fourth-order valence-corrected chi connectivity index (χ4v) is 2.48. The first-order valence-corrected chi connectivity index (χ1v) is 7.22. The Morgan fingerprint density at radius 2 is 2.04 bits per heavy atom. The van der Waals surface area contributed by atoms with Crippen LogP contribution in [0.5, 0.6) is 11.5 Å². The highest BCUT2D eigenvalue weighted by atomic mass is 16.6. The lowest BCUT2D eigenvalue weighted by molar-refractivity contribution is 0.102. The van der Waals surface area contributed by atoms with Crippen molar-refractivity contribution in [2.75, 3.05) is 18.5 Å². The van der Waals surface area contributed by atoms with Gasteiger partial charge in [0.2, 0.25) is 0 Å². The van der Waals surface area contributed by atoms with E-state index in [0.717, 1.165) is 11.1 Å². The summed E-state index contributed by atoms with van der Waals surface area (Å²) in [6, 6.07) is 6.97. The number of carbonyl (C=O) groups excluding carboxylic acids is 1. The quantitative estimate of drug-likeness (QED) is 0.758. The molecule has 0 unspecified atom stereocenters. The number of nitrogens with zero attached hydrogens (tertiary/aromatic N) is 2. The van der Waals surface area contributed by atoms with Gasteiger partial charge in [0.15, 0.2) is 17.1 Å². The smallest absolute Gasteiger partial charge is 0.255 e. The Morgan fingerprint density at radius 1 is 1.22 bits per heavy atom. The second-order valence-corrected chi connectivity index (χ2v) is 5.26. The van der Waals surface area contributed by atoms with Gasteiger partial charge in [-0.3, -0.25) is 9.89 Å². The minimum absolute atomic E-state index is 0.232. The lowest BCUT2D eigenvalue weighted by Gasteiger charge is -2.18. The fraction of sp³-hybridized carbons (Fsp3) is 0.188. The van der Waals surface area contributed by atoms with Crippen molar-refractivity contribution < 1.29 is 14.3 Å². The maximum Gasteiger partial charge on any atom is 0.255 e. The Morgan fingerprint density at radius 3 is 2.91 bits per heavy atom. The van der Waals surface area contributed by atoms with Gasteiger partial charge in [-0.1, -0.05) is 0 Å². The van der Waals surface area contributed by atoms with E-state index in [9.17, 15) is 4.79 Å². The normalized spacial score (nSPS) is 13.1. The maximum atomic E-state index is 12.4. The number of aromatic nitrogens is 3. The van der Waals surface area contributed by atoms with E-state index in [2.05, 4.69) is 20.5 Å². The number of nitrogens with one attached hydrogen (secondary N) is 2. The zero-order valence-electron chi connectivity index (χ0n) is 12.4. The Hall–Kier alpha value is -3.09. The van der Waals surface area contributed by atoms with Crippen LogP contribution < -0.4 is 14.8 Å². The number of amides is 1. The number of hydrogen-bond donors (Lipinski definition) is 2. The van der Waals surface area contributed by atoms with Crippen molar-refractivity contribution >= 4 is 22.6 Å². The second kappa shape index (κ2) is 5.28. The number of fused-ring (bicyclic) bond motifs is 2. The summed E-state index contributed by atoms with van der Waals surface area (Å²) >= 11 is 0. The number of aryl methyl sites for hydroxylation is 1. The highest BCUT2D eigenvalue weighted by Gasteiger charge is 2.15. The van der Waals surface area contributed by atoms with Gasteiger partial charge in [0.25, 0.3) is 5.91 Å². The largest absolute Gasteiger partial charge is 0.486 e. The molecule has 2 aromatic heterocycles. The molecule has 3 aromatic rings. The molecule has 0 saturated heterocycles. The van der Waals surface area contributed by atoms with Crippen molar-refractivity contribution in [1.82, 2.24) is 15.2 Å². The lowest BCUT2D eigenvalue weighted by atomic mass is 10.1. The Kier molecular flexibility index (Phi) is 3.11. The highest BCUT2D eigenvalue weighted by Crippen LogP contribution is 2.31. The molecule has 1 aromatic carbocycles. The number of aromatic amines is 1. The Bertz CT molecular complexity index is 903. The van der Waals surface area contributed by atoms with E-state index in [1.54, 1.807) is 24.4 Å². The number of benzene rings is 1. The molecule has 1 aliphatic heterocycles. The predicted molar refractivity (Wildman–Crippen MR) is 84.0 cm³/mol. The van der Waals surface area contributed by atoms with Crippen LogP contribution in [-0.2, 0) is 0 Å². The Balaban J connectivity index is 1.60. The third kappa shape index (κ3) is 2.46. The van der Waals surface area contributed by atoms with Gasteiger partial charge in [-0.05, 0) is 31.2 Å². The van der Waals surface area contributed by atoms with Crippen molar-refractivity contribution in [2.24, 2.45) is 0 Å². The van der Waals surface area contributed by atoms with E-state index in [0.29, 0.717) is 41.6 Å². The Labute approximate surface area is 131 Å². The topological polar surface area (TPSA) is 89.1 Å².